The summed E-state index contributed by atoms with van der Waals surface area (Å²) in [6.45, 7) is 0. The van der Waals surface area contributed by atoms with E-state index >= 15 is 0 Å². The average Bonchev–Trinajstić information content (AvgIpc) is 3.05. The van der Waals surface area contributed by atoms with Gasteiger partial charge in [0.1, 0.15) is 5.76 Å². The second-order valence-corrected chi connectivity index (χ2v) is 5.32. The molecule has 3 N–H and O–H groups in total. The SMILES string of the molecule is NNC(CCc1ccco1)Cc1cccc2ccccc12. The molecule has 3 aromatic rings. The van der Waals surface area contributed by atoms with Gasteiger partial charge in [-0.05, 0) is 41.3 Å². The number of fused-ring (bicyclic) bond motifs is 1. The van der Waals surface area contributed by atoms with Crippen LogP contribution in [0.15, 0.2) is 65.3 Å². The van der Waals surface area contributed by atoms with Crippen LogP contribution in [0.3, 0.4) is 0 Å². The van der Waals surface area contributed by atoms with Crippen molar-refractivity contribution in [2.45, 2.75) is 25.3 Å². The van der Waals surface area contributed by atoms with E-state index < -0.39 is 0 Å². The Morgan fingerprint density at radius 3 is 2.67 bits per heavy atom. The molecule has 0 radical (unpaired) electrons. The number of aryl methyl sites for hydroxylation is 1. The highest BCUT2D eigenvalue weighted by molar-refractivity contribution is 5.85. The fraction of sp³-hybridized carbons (Fsp3) is 0.222. The molecule has 108 valence electrons. The third kappa shape index (κ3) is 3.32. The fourth-order valence-corrected chi connectivity index (χ4v) is 2.75. The summed E-state index contributed by atoms with van der Waals surface area (Å²) in [6.07, 6.45) is 4.48. The van der Waals surface area contributed by atoms with Crippen molar-refractivity contribution >= 4 is 10.8 Å². The summed E-state index contributed by atoms with van der Waals surface area (Å²) in [4.78, 5) is 0. The molecule has 0 fully saturated rings. The molecule has 0 saturated carbocycles. The van der Waals surface area contributed by atoms with Crippen molar-refractivity contribution in [3.63, 3.8) is 0 Å². The first kappa shape index (κ1) is 13.9. The Kier molecular flexibility index (Phi) is 4.34. The molecule has 1 heterocycles. The Morgan fingerprint density at radius 1 is 1.00 bits per heavy atom. The molecule has 0 saturated heterocycles. The van der Waals surface area contributed by atoms with Gasteiger partial charge in [0.05, 0.1) is 6.26 Å². The van der Waals surface area contributed by atoms with Crippen LogP contribution in [0.25, 0.3) is 10.8 Å². The van der Waals surface area contributed by atoms with E-state index in [1.807, 2.05) is 12.1 Å². The number of nitrogens with two attached hydrogens (primary N) is 1. The van der Waals surface area contributed by atoms with Gasteiger partial charge >= 0.3 is 0 Å². The van der Waals surface area contributed by atoms with E-state index in [0.717, 1.165) is 25.0 Å². The smallest absolute Gasteiger partial charge is 0.103 e. The lowest BCUT2D eigenvalue weighted by atomic mass is 9.96. The van der Waals surface area contributed by atoms with Gasteiger partial charge in [0.25, 0.3) is 0 Å². The van der Waals surface area contributed by atoms with Crippen molar-refractivity contribution in [1.29, 1.82) is 0 Å². The molecule has 1 unspecified atom stereocenters. The molecule has 0 aliphatic heterocycles. The first-order chi connectivity index (χ1) is 10.4. The van der Waals surface area contributed by atoms with E-state index in [1.54, 1.807) is 6.26 Å². The zero-order chi connectivity index (χ0) is 14.5. The molecule has 3 heteroatoms. The summed E-state index contributed by atoms with van der Waals surface area (Å²) in [7, 11) is 0. The lowest BCUT2D eigenvalue weighted by molar-refractivity contribution is 0.448. The van der Waals surface area contributed by atoms with E-state index in [-0.39, 0.29) is 6.04 Å². The standard InChI is InChI=1S/C18H20N2O/c19-20-16(10-11-17-8-4-12-21-17)13-15-7-3-6-14-5-1-2-9-18(14)15/h1-9,12,16,20H,10-11,13,19H2. The molecule has 1 aromatic heterocycles. The van der Waals surface area contributed by atoms with E-state index in [2.05, 4.69) is 47.9 Å². The van der Waals surface area contributed by atoms with Gasteiger partial charge < -0.3 is 4.42 Å². The fourth-order valence-electron chi connectivity index (χ4n) is 2.75. The highest BCUT2D eigenvalue weighted by Crippen LogP contribution is 2.20. The van der Waals surface area contributed by atoms with Gasteiger partial charge in [-0.3, -0.25) is 11.3 Å². The Balaban J connectivity index is 1.73. The number of hydrazine groups is 1. The van der Waals surface area contributed by atoms with Gasteiger partial charge in [-0.2, -0.15) is 0 Å². The molecule has 0 aliphatic rings. The van der Waals surface area contributed by atoms with Crippen LogP contribution < -0.4 is 11.3 Å². The molecule has 0 spiro atoms. The van der Waals surface area contributed by atoms with Crippen molar-refractivity contribution in [2.24, 2.45) is 5.84 Å². The van der Waals surface area contributed by atoms with E-state index in [0.29, 0.717) is 0 Å². The highest BCUT2D eigenvalue weighted by Gasteiger charge is 2.11. The zero-order valence-corrected chi connectivity index (χ0v) is 12.0. The summed E-state index contributed by atoms with van der Waals surface area (Å²) in [5, 5.41) is 2.58. The van der Waals surface area contributed by atoms with Crippen LogP contribution in [0.5, 0.6) is 0 Å². The maximum atomic E-state index is 5.72. The molecular formula is C18H20N2O. The summed E-state index contributed by atoms with van der Waals surface area (Å²) in [5.41, 5.74) is 4.27. The van der Waals surface area contributed by atoms with Crippen LogP contribution in [0.1, 0.15) is 17.7 Å². The van der Waals surface area contributed by atoms with Crippen LogP contribution in [-0.2, 0) is 12.8 Å². The van der Waals surface area contributed by atoms with Crippen molar-refractivity contribution in [2.75, 3.05) is 0 Å². The van der Waals surface area contributed by atoms with Crippen molar-refractivity contribution in [3.8, 4) is 0 Å². The van der Waals surface area contributed by atoms with Crippen LogP contribution >= 0.6 is 0 Å². The predicted octanol–water partition coefficient (Wildman–Crippen LogP) is 3.44. The molecule has 21 heavy (non-hydrogen) atoms. The molecule has 0 bridgehead atoms. The molecule has 0 amide bonds. The summed E-state index contributed by atoms with van der Waals surface area (Å²) < 4.78 is 5.38. The van der Waals surface area contributed by atoms with Crippen molar-refractivity contribution < 1.29 is 4.42 Å². The Morgan fingerprint density at radius 2 is 1.86 bits per heavy atom. The third-order valence-electron chi connectivity index (χ3n) is 3.90. The highest BCUT2D eigenvalue weighted by atomic mass is 16.3. The summed E-state index contributed by atoms with van der Waals surface area (Å²) in [6, 6.07) is 19.1. The van der Waals surface area contributed by atoms with Crippen LogP contribution in [0, 0.1) is 0 Å². The maximum Gasteiger partial charge on any atom is 0.103 e. The number of rotatable bonds is 6. The number of hydrogen-bond donors (Lipinski definition) is 2. The molecule has 0 aliphatic carbocycles. The molecule has 3 rings (SSSR count). The average molecular weight is 280 g/mol. The van der Waals surface area contributed by atoms with Gasteiger partial charge in [0.15, 0.2) is 0 Å². The normalized spacial score (nSPS) is 12.6. The Labute approximate surface area is 124 Å². The Bertz CT molecular complexity index is 686. The second kappa shape index (κ2) is 6.57. The first-order valence-electron chi connectivity index (χ1n) is 7.32. The number of hydrogen-bond acceptors (Lipinski definition) is 3. The quantitative estimate of drug-likeness (QED) is 0.537. The minimum absolute atomic E-state index is 0.237. The largest absolute Gasteiger partial charge is 0.469 e. The molecule has 2 aromatic carbocycles. The number of nitrogens with one attached hydrogen (secondary N) is 1. The molecule has 3 nitrogen and oxygen atoms in total. The van der Waals surface area contributed by atoms with Crippen LogP contribution in [-0.4, -0.2) is 6.04 Å². The van der Waals surface area contributed by atoms with E-state index in [4.69, 9.17) is 10.3 Å². The Hall–Kier alpha value is -2.10. The summed E-state index contributed by atoms with van der Waals surface area (Å²) >= 11 is 0. The van der Waals surface area contributed by atoms with Gasteiger partial charge in [-0.15, -0.1) is 0 Å². The minimum atomic E-state index is 0.237. The van der Waals surface area contributed by atoms with Crippen LogP contribution in [0.2, 0.25) is 0 Å². The van der Waals surface area contributed by atoms with Crippen molar-refractivity contribution in [3.05, 3.63) is 72.2 Å². The van der Waals surface area contributed by atoms with Gasteiger partial charge in [0, 0.05) is 12.5 Å². The number of benzene rings is 2. The monoisotopic (exact) mass is 280 g/mol. The number of furan rings is 1. The lowest BCUT2D eigenvalue weighted by Crippen LogP contribution is -2.37. The van der Waals surface area contributed by atoms with Crippen LogP contribution in [0.4, 0.5) is 0 Å². The third-order valence-corrected chi connectivity index (χ3v) is 3.90. The van der Waals surface area contributed by atoms with Gasteiger partial charge in [-0.1, -0.05) is 42.5 Å². The summed E-state index contributed by atoms with van der Waals surface area (Å²) in [5.74, 6) is 6.73. The topological polar surface area (TPSA) is 51.2 Å². The van der Waals surface area contributed by atoms with Crippen molar-refractivity contribution in [1.82, 2.24) is 5.43 Å². The first-order valence-corrected chi connectivity index (χ1v) is 7.32. The lowest BCUT2D eigenvalue weighted by Gasteiger charge is -2.16. The molecule has 1 atom stereocenters. The second-order valence-electron chi connectivity index (χ2n) is 5.32. The van der Waals surface area contributed by atoms with Gasteiger partial charge in [0.2, 0.25) is 0 Å². The molecular weight excluding hydrogens is 260 g/mol. The maximum absolute atomic E-state index is 5.72. The predicted molar refractivity (Wildman–Crippen MR) is 85.8 cm³/mol. The minimum Gasteiger partial charge on any atom is -0.469 e. The zero-order valence-electron chi connectivity index (χ0n) is 12.0. The van der Waals surface area contributed by atoms with Gasteiger partial charge in [-0.25, -0.2) is 0 Å². The van der Waals surface area contributed by atoms with E-state index in [1.165, 1.54) is 16.3 Å². The van der Waals surface area contributed by atoms with E-state index in [9.17, 15) is 0 Å².